The summed E-state index contributed by atoms with van der Waals surface area (Å²) in [7, 11) is 0. The lowest BCUT2D eigenvalue weighted by molar-refractivity contribution is 0.0497. The third kappa shape index (κ3) is 13.6. The number of hydrogen-bond donors (Lipinski definition) is 1. The molecule has 1 rings (SSSR count). The minimum absolute atomic E-state index is 0.0862. The quantitative estimate of drug-likeness (QED) is 0.132. The molecular weight excluding hydrogens is 434 g/mol. The first-order valence-electron chi connectivity index (χ1n) is 12.4. The van der Waals surface area contributed by atoms with E-state index in [0.717, 1.165) is 12.8 Å². The van der Waals surface area contributed by atoms with E-state index in [9.17, 15) is 4.79 Å². The molecule has 0 spiro atoms. The minimum atomic E-state index is -0.408. The first-order chi connectivity index (χ1) is 16.1. The van der Waals surface area contributed by atoms with Gasteiger partial charge in [-0.2, -0.15) is 10.5 Å². The van der Waals surface area contributed by atoms with Gasteiger partial charge >= 0.3 is 5.97 Å². The van der Waals surface area contributed by atoms with Crippen LogP contribution in [0.4, 0.5) is 5.69 Å². The van der Waals surface area contributed by atoms with Crippen LogP contribution in [0.1, 0.15) is 107 Å². The van der Waals surface area contributed by atoms with Crippen molar-refractivity contribution in [2.24, 2.45) is 0 Å². The van der Waals surface area contributed by atoms with Gasteiger partial charge in [-0.15, -0.1) is 0 Å². The molecule has 0 aliphatic heterocycles. The number of nitrogens with one attached hydrogen (secondary N) is 1. The Morgan fingerprint density at radius 1 is 0.909 bits per heavy atom. The summed E-state index contributed by atoms with van der Waals surface area (Å²) in [5.41, 5.74) is 0.721. The molecule has 0 unspecified atom stereocenters. The van der Waals surface area contributed by atoms with Crippen LogP contribution in [-0.4, -0.2) is 12.6 Å². The normalized spacial score (nSPS) is 10.2. The van der Waals surface area contributed by atoms with E-state index >= 15 is 0 Å². The van der Waals surface area contributed by atoms with E-state index in [1.807, 2.05) is 0 Å². The Kier molecular flexibility index (Phi) is 16.4. The van der Waals surface area contributed by atoms with E-state index in [1.165, 1.54) is 83.2 Å². The number of carbonyl (C=O) groups excluding carboxylic acids is 1. The van der Waals surface area contributed by atoms with Gasteiger partial charge in [0, 0.05) is 6.20 Å². The predicted molar refractivity (Wildman–Crippen MR) is 135 cm³/mol. The molecule has 1 aromatic rings. The summed E-state index contributed by atoms with van der Waals surface area (Å²) in [4.78, 5) is 12.3. The lowest BCUT2D eigenvalue weighted by Crippen LogP contribution is -2.07. The van der Waals surface area contributed by atoms with Gasteiger partial charge in [-0.05, 0) is 24.6 Å². The van der Waals surface area contributed by atoms with Gasteiger partial charge in [-0.25, -0.2) is 4.79 Å². The zero-order valence-corrected chi connectivity index (χ0v) is 20.8. The molecule has 5 nitrogen and oxygen atoms in total. The highest BCUT2D eigenvalue weighted by Crippen LogP contribution is 2.24. The molecule has 1 aromatic carbocycles. The second-order valence-corrected chi connectivity index (χ2v) is 8.76. The van der Waals surface area contributed by atoms with E-state index in [4.69, 9.17) is 26.9 Å². The number of rotatable bonds is 18. The van der Waals surface area contributed by atoms with Crippen LogP contribution >= 0.6 is 11.6 Å². The van der Waals surface area contributed by atoms with Crippen molar-refractivity contribution in [1.29, 1.82) is 10.5 Å². The SMILES string of the molecule is CCCCCCCCCCCCCCCCOC(=O)c1ccc(Cl)c(NC=C(C#N)C#N)c1. The summed E-state index contributed by atoms with van der Waals surface area (Å²) in [5.74, 6) is -0.408. The van der Waals surface area contributed by atoms with E-state index in [1.54, 1.807) is 30.3 Å². The van der Waals surface area contributed by atoms with Crippen LogP contribution in [0.3, 0.4) is 0 Å². The first kappa shape index (κ1) is 28.5. The average Bonchev–Trinajstić information content (AvgIpc) is 2.83. The smallest absolute Gasteiger partial charge is 0.338 e. The maximum Gasteiger partial charge on any atom is 0.338 e. The van der Waals surface area contributed by atoms with Crippen LogP contribution in [0.5, 0.6) is 0 Å². The largest absolute Gasteiger partial charge is 0.462 e. The molecule has 6 heteroatoms. The molecule has 0 saturated heterocycles. The molecule has 0 radical (unpaired) electrons. The molecule has 0 amide bonds. The standard InChI is InChI=1S/C27H38ClN3O2/c1-2-3-4-5-6-7-8-9-10-11-12-13-14-15-18-33-27(32)24-16-17-25(28)26(19-24)31-22-23(20-29)21-30/h16-17,19,22,31H,2-15,18H2,1H3. The highest BCUT2D eigenvalue weighted by molar-refractivity contribution is 6.33. The molecule has 0 bridgehead atoms. The molecule has 0 aromatic heterocycles. The number of ether oxygens (including phenoxy) is 1. The Labute approximate surface area is 204 Å². The molecule has 0 atom stereocenters. The first-order valence-corrected chi connectivity index (χ1v) is 12.7. The summed E-state index contributed by atoms with van der Waals surface area (Å²) in [5, 5.41) is 20.7. The fourth-order valence-electron chi connectivity index (χ4n) is 3.55. The third-order valence-corrected chi connectivity index (χ3v) is 5.88. The van der Waals surface area contributed by atoms with Gasteiger partial charge in [-0.1, -0.05) is 102 Å². The van der Waals surface area contributed by atoms with Gasteiger partial charge in [0.05, 0.1) is 22.9 Å². The van der Waals surface area contributed by atoms with E-state index in [-0.39, 0.29) is 5.57 Å². The van der Waals surface area contributed by atoms with Crippen molar-refractivity contribution in [3.63, 3.8) is 0 Å². The topological polar surface area (TPSA) is 85.9 Å². The summed E-state index contributed by atoms with van der Waals surface area (Å²) < 4.78 is 5.37. The number of unbranched alkanes of at least 4 members (excludes halogenated alkanes) is 13. The lowest BCUT2D eigenvalue weighted by atomic mass is 10.0. The molecular formula is C27H38ClN3O2. The van der Waals surface area contributed by atoms with Gasteiger partial charge in [0.15, 0.2) is 0 Å². The minimum Gasteiger partial charge on any atom is -0.462 e. The monoisotopic (exact) mass is 471 g/mol. The van der Waals surface area contributed by atoms with Crippen LogP contribution < -0.4 is 5.32 Å². The summed E-state index contributed by atoms with van der Waals surface area (Å²) in [6.45, 7) is 2.66. The molecule has 0 heterocycles. The van der Waals surface area contributed by atoms with Gasteiger partial charge in [0.25, 0.3) is 0 Å². The van der Waals surface area contributed by atoms with E-state index in [0.29, 0.717) is 22.9 Å². The van der Waals surface area contributed by atoms with Crippen molar-refractivity contribution in [2.45, 2.75) is 96.8 Å². The van der Waals surface area contributed by atoms with Crippen LogP contribution in [0.15, 0.2) is 30.0 Å². The third-order valence-electron chi connectivity index (χ3n) is 5.55. The van der Waals surface area contributed by atoms with Crippen molar-refractivity contribution in [3.05, 3.63) is 40.6 Å². The molecule has 0 saturated carbocycles. The Morgan fingerprint density at radius 2 is 1.42 bits per heavy atom. The van der Waals surface area contributed by atoms with Crippen molar-refractivity contribution >= 4 is 23.3 Å². The van der Waals surface area contributed by atoms with E-state index in [2.05, 4.69) is 12.2 Å². The van der Waals surface area contributed by atoms with Crippen LogP contribution in [0, 0.1) is 22.7 Å². The number of allylic oxidation sites excluding steroid dienone is 1. The fraction of sp³-hybridized carbons (Fsp3) is 0.593. The molecule has 1 N–H and O–H groups in total. The van der Waals surface area contributed by atoms with Gasteiger partial charge in [-0.3, -0.25) is 0 Å². The van der Waals surface area contributed by atoms with Crippen molar-refractivity contribution in [1.82, 2.24) is 0 Å². The lowest BCUT2D eigenvalue weighted by Gasteiger charge is -2.08. The zero-order valence-electron chi connectivity index (χ0n) is 20.0. The maximum atomic E-state index is 12.3. The number of carbonyl (C=O) groups is 1. The average molecular weight is 472 g/mol. The fourth-order valence-corrected chi connectivity index (χ4v) is 3.72. The molecule has 0 aliphatic rings. The number of nitriles is 2. The Balaban J connectivity index is 2.12. The maximum absolute atomic E-state index is 12.3. The van der Waals surface area contributed by atoms with Crippen LogP contribution in [0.25, 0.3) is 0 Å². The summed E-state index contributed by atoms with van der Waals surface area (Å²) in [6, 6.07) is 8.24. The van der Waals surface area contributed by atoms with Gasteiger partial charge < -0.3 is 10.1 Å². The predicted octanol–water partition coefficient (Wildman–Crippen LogP) is 8.32. The Morgan fingerprint density at radius 3 is 1.94 bits per heavy atom. The second-order valence-electron chi connectivity index (χ2n) is 8.35. The highest BCUT2D eigenvalue weighted by Gasteiger charge is 2.10. The van der Waals surface area contributed by atoms with Crippen LogP contribution in [-0.2, 0) is 4.74 Å². The van der Waals surface area contributed by atoms with Gasteiger partial charge in [0.2, 0.25) is 0 Å². The number of benzene rings is 1. The number of nitrogens with zero attached hydrogens (tertiary/aromatic N) is 2. The number of halogens is 1. The van der Waals surface area contributed by atoms with Crippen molar-refractivity contribution < 1.29 is 9.53 Å². The Bertz CT molecular complexity index is 793. The Hall–Kier alpha value is -2.50. The number of esters is 1. The summed E-state index contributed by atoms with van der Waals surface area (Å²) >= 11 is 6.11. The number of hydrogen-bond acceptors (Lipinski definition) is 5. The molecule has 33 heavy (non-hydrogen) atoms. The van der Waals surface area contributed by atoms with Crippen molar-refractivity contribution in [2.75, 3.05) is 11.9 Å². The molecule has 0 fully saturated rings. The van der Waals surface area contributed by atoms with Crippen LogP contribution in [0.2, 0.25) is 5.02 Å². The highest BCUT2D eigenvalue weighted by atomic mass is 35.5. The van der Waals surface area contributed by atoms with Gasteiger partial charge in [0.1, 0.15) is 17.7 Å². The summed E-state index contributed by atoms with van der Waals surface area (Å²) in [6.07, 6.45) is 19.2. The second kappa shape index (κ2) is 19.0. The number of anilines is 1. The van der Waals surface area contributed by atoms with Crippen molar-refractivity contribution in [3.8, 4) is 12.1 Å². The molecule has 0 aliphatic carbocycles. The molecule has 180 valence electrons. The van der Waals surface area contributed by atoms with E-state index < -0.39 is 5.97 Å². The zero-order chi connectivity index (χ0) is 24.2.